The second kappa shape index (κ2) is 12.9. The fraction of sp³-hybridized carbons (Fsp3) is 0.355. The maximum absolute atomic E-state index is 13.7. The highest BCUT2D eigenvalue weighted by Gasteiger charge is 2.35. The van der Waals surface area contributed by atoms with E-state index < -0.39 is 28.1 Å². The Morgan fingerprint density at radius 2 is 1.79 bits per heavy atom. The van der Waals surface area contributed by atoms with Gasteiger partial charge in [-0.3, -0.25) is 14.4 Å². The molecule has 224 valence electrons. The summed E-state index contributed by atoms with van der Waals surface area (Å²) in [5.41, 5.74) is 2.38. The number of rotatable bonds is 10. The van der Waals surface area contributed by atoms with Gasteiger partial charge in [0.05, 0.1) is 34.4 Å². The van der Waals surface area contributed by atoms with Gasteiger partial charge >= 0.3 is 5.97 Å². The molecule has 1 aliphatic rings. The van der Waals surface area contributed by atoms with E-state index in [9.17, 15) is 28.2 Å². The minimum Gasteiger partial charge on any atom is -0.486 e. The second-order valence-corrected chi connectivity index (χ2v) is 12.6. The van der Waals surface area contributed by atoms with Crippen LogP contribution >= 0.6 is 0 Å². The highest BCUT2D eigenvalue weighted by atomic mass is 32.2. The summed E-state index contributed by atoms with van der Waals surface area (Å²) in [5.74, 6) is -1.41. The summed E-state index contributed by atoms with van der Waals surface area (Å²) in [4.78, 5) is 28.6. The number of carboxylic acid groups (broad SMARTS) is 1. The van der Waals surface area contributed by atoms with Crippen LogP contribution < -0.4 is 9.46 Å². The first kappa shape index (κ1) is 31.0. The van der Waals surface area contributed by atoms with Crippen molar-refractivity contribution in [2.45, 2.75) is 44.4 Å². The molecule has 11 heteroatoms. The lowest BCUT2D eigenvalue weighted by molar-refractivity contribution is 0.0343. The van der Waals surface area contributed by atoms with Crippen LogP contribution in [0, 0.1) is 12.8 Å². The van der Waals surface area contributed by atoms with Gasteiger partial charge in [0.25, 0.3) is 15.9 Å². The number of hydrogen-bond donors (Lipinski definition) is 3. The lowest BCUT2D eigenvalue weighted by Gasteiger charge is -2.38. The standard InChI is InChI=1S/C31H37N3O7S/c1-20-8-14-25(15-9-20)42(39,40)32-27-7-5-6-26-29(27)41-28(21(2)16-34(30(26)36)22(3)19-35)18-33(4)17-23-10-12-24(13-11-23)31(37)38/h5-15,21-22,28,32,35H,16-19H2,1-4H3,(H,37,38)/t21-,22+,28+/m0/s1. The van der Waals surface area contributed by atoms with E-state index in [0.29, 0.717) is 19.6 Å². The van der Waals surface area contributed by atoms with E-state index in [-0.39, 0.29) is 45.9 Å². The SMILES string of the molecule is Cc1ccc(S(=O)(=O)Nc2cccc3c2O[C@H](CN(C)Cc2ccc(C(=O)O)cc2)[C@@H](C)CN([C@H](C)CO)C3=O)cc1. The first-order valence-corrected chi connectivity index (χ1v) is 15.2. The summed E-state index contributed by atoms with van der Waals surface area (Å²) in [6, 6.07) is 17.4. The van der Waals surface area contributed by atoms with E-state index in [4.69, 9.17) is 4.74 Å². The lowest BCUT2D eigenvalue weighted by atomic mass is 9.99. The Morgan fingerprint density at radius 1 is 1.12 bits per heavy atom. The van der Waals surface area contributed by atoms with Crippen LogP contribution in [0.4, 0.5) is 5.69 Å². The largest absolute Gasteiger partial charge is 0.486 e. The first-order chi connectivity index (χ1) is 19.9. The number of aliphatic hydroxyl groups excluding tert-OH is 1. The molecule has 10 nitrogen and oxygen atoms in total. The van der Waals surface area contributed by atoms with Crippen molar-refractivity contribution in [1.29, 1.82) is 0 Å². The minimum absolute atomic E-state index is 0.0805. The molecule has 0 saturated heterocycles. The fourth-order valence-electron chi connectivity index (χ4n) is 4.90. The van der Waals surface area contributed by atoms with Crippen LogP contribution in [-0.4, -0.2) is 79.2 Å². The number of amides is 1. The number of para-hydroxylation sites is 1. The van der Waals surface area contributed by atoms with Crippen LogP contribution in [0.3, 0.4) is 0 Å². The van der Waals surface area contributed by atoms with Gasteiger partial charge in [-0.2, -0.15) is 0 Å². The Kier molecular flexibility index (Phi) is 9.55. The molecule has 0 aromatic heterocycles. The van der Waals surface area contributed by atoms with Crippen LogP contribution in [0.2, 0.25) is 0 Å². The zero-order chi connectivity index (χ0) is 30.6. The molecule has 0 aliphatic carbocycles. The number of carbonyl (C=O) groups excluding carboxylic acids is 1. The summed E-state index contributed by atoms with van der Waals surface area (Å²) in [6.07, 6.45) is -0.460. The van der Waals surface area contributed by atoms with Gasteiger partial charge in [0.1, 0.15) is 6.10 Å². The fourth-order valence-corrected chi connectivity index (χ4v) is 5.96. The number of hydrogen-bond acceptors (Lipinski definition) is 7. The van der Waals surface area contributed by atoms with Gasteiger partial charge in [-0.25, -0.2) is 13.2 Å². The molecule has 0 bridgehead atoms. The molecule has 0 saturated carbocycles. The highest BCUT2D eigenvalue weighted by molar-refractivity contribution is 7.92. The van der Waals surface area contributed by atoms with Crippen molar-refractivity contribution >= 4 is 27.6 Å². The highest BCUT2D eigenvalue weighted by Crippen LogP contribution is 2.36. The van der Waals surface area contributed by atoms with Crippen molar-refractivity contribution in [2.75, 3.05) is 31.5 Å². The summed E-state index contributed by atoms with van der Waals surface area (Å²) < 4.78 is 35.7. The molecule has 0 spiro atoms. The Balaban J connectivity index is 1.67. The Morgan fingerprint density at radius 3 is 2.40 bits per heavy atom. The molecule has 0 radical (unpaired) electrons. The monoisotopic (exact) mass is 595 g/mol. The smallest absolute Gasteiger partial charge is 0.335 e. The third-order valence-electron chi connectivity index (χ3n) is 7.41. The van der Waals surface area contributed by atoms with Gasteiger partial charge in [0.15, 0.2) is 5.75 Å². The Bertz CT molecular complexity index is 1530. The number of nitrogens with zero attached hydrogens (tertiary/aromatic N) is 2. The van der Waals surface area contributed by atoms with Gasteiger partial charge in [-0.1, -0.05) is 42.8 Å². The van der Waals surface area contributed by atoms with Gasteiger partial charge < -0.3 is 19.8 Å². The molecular weight excluding hydrogens is 558 g/mol. The summed E-state index contributed by atoms with van der Waals surface area (Å²) in [7, 11) is -2.08. The number of aliphatic hydroxyl groups is 1. The van der Waals surface area contributed by atoms with Crippen molar-refractivity contribution in [3.63, 3.8) is 0 Å². The number of carbonyl (C=O) groups is 2. The lowest BCUT2D eigenvalue weighted by Crippen LogP contribution is -2.49. The van der Waals surface area contributed by atoms with Crippen LogP contribution in [0.1, 0.15) is 45.7 Å². The van der Waals surface area contributed by atoms with Gasteiger partial charge in [0.2, 0.25) is 0 Å². The predicted molar refractivity (Wildman–Crippen MR) is 159 cm³/mol. The van der Waals surface area contributed by atoms with E-state index in [2.05, 4.69) is 4.72 Å². The maximum Gasteiger partial charge on any atom is 0.335 e. The van der Waals surface area contributed by atoms with Crippen LogP contribution in [0.15, 0.2) is 71.6 Å². The van der Waals surface area contributed by atoms with E-state index in [1.807, 2.05) is 25.8 Å². The number of fused-ring (bicyclic) bond motifs is 1. The third kappa shape index (κ3) is 7.10. The number of aryl methyl sites for hydroxylation is 1. The molecule has 0 unspecified atom stereocenters. The molecule has 1 amide bonds. The van der Waals surface area contributed by atoms with E-state index in [0.717, 1.165) is 11.1 Å². The van der Waals surface area contributed by atoms with Crippen molar-refractivity contribution in [3.8, 4) is 5.75 Å². The number of likely N-dealkylation sites (N-methyl/N-ethyl adjacent to an activating group) is 1. The van der Waals surface area contributed by atoms with Crippen LogP contribution in [0.5, 0.6) is 5.75 Å². The molecular formula is C31H37N3O7S. The third-order valence-corrected chi connectivity index (χ3v) is 8.79. The minimum atomic E-state index is -3.99. The molecule has 3 N–H and O–H groups in total. The van der Waals surface area contributed by atoms with E-state index in [1.54, 1.807) is 66.4 Å². The topological polar surface area (TPSA) is 136 Å². The van der Waals surface area contributed by atoms with Crippen molar-refractivity contribution in [1.82, 2.24) is 9.80 Å². The average Bonchev–Trinajstić information content (AvgIpc) is 2.95. The summed E-state index contributed by atoms with van der Waals surface area (Å²) >= 11 is 0. The van der Waals surface area contributed by atoms with Crippen molar-refractivity contribution in [2.24, 2.45) is 5.92 Å². The molecule has 42 heavy (non-hydrogen) atoms. The number of ether oxygens (including phenoxy) is 1. The molecule has 3 atom stereocenters. The number of sulfonamides is 1. The molecule has 4 rings (SSSR count). The average molecular weight is 596 g/mol. The molecule has 0 fully saturated rings. The van der Waals surface area contributed by atoms with Crippen LogP contribution in [0.25, 0.3) is 0 Å². The van der Waals surface area contributed by atoms with Gasteiger partial charge in [-0.15, -0.1) is 0 Å². The number of benzene rings is 3. The Hall–Kier alpha value is -3.93. The zero-order valence-corrected chi connectivity index (χ0v) is 25.0. The quantitative estimate of drug-likeness (QED) is 0.322. The van der Waals surface area contributed by atoms with Crippen molar-refractivity contribution < 1.29 is 33.0 Å². The number of anilines is 1. The zero-order valence-electron chi connectivity index (χ0n) is 24.1. The molecule has 3 aromatic carbocycles. The number of aromatic carboxylic acids is 1. The second-order valence-electron chi connectivity index (χ2n) is 10.9. The first-order valence-electron chi connectivity index (χ1n) is 13.7. The van der Waals surface area contributed by atoms with Gasteiger partial charge in [0, 0.05) is 25.6 Å². The Labute approximate surface area is 246 Å². The van der Waals surface area contributed by atoms with Gasteiger partial charge in [-0.05, 0) is 62.9 Å². The normalized spacial score (nSPS) is 18.0. The maximum atomic E-state index is 13.7. The number of nitrogens with one attached hydrogen (secondary N) is 1. The molecule has 3 aromatic rings. The van der Waals surface area contributed by atoms with Crippen LogP contribution in [-0.2, 0) is 16.6 Å². The number of carboxylic acids is 1. The van der Waals surface area contributed by atoms with E-state index >= 15 is 0 Å². The van der Waals surface area contributed by atoms with E-state index in [1.165, 1.54) is 12.1 Å². The molecule has 1 heterocycles. The summed E-state index contributed by atoms with van der Waals surface area (Å²) in [5, 5.41) is 19.1. The summed E-state index contributed by atoms with van der Waals surface area (Å²) in [6.45, 7) is 6.61. The molecule has 1 aliphatic heterocycles. The van der Waals surface area contributed by atoms with Crippen molar-refractivity contribution in [3.05, 3.63) is 89.0 Å². The predicted octanol–water partition coefficient (Wildman–Crippen LogP) is 3.85.